The Bertz CT molecular complexity index is 348. The Kier molecular flexibility index (Phi) is 6.78. The van der Waals surface area contributed by atoms with Crippen molar-refractivity contribution in [2.45, 2.75) is 26.2 Å². The van der Waals surface area contributed by atoms with Crippen LogP contribution in [0.1, 0.15) is 26.2 Å². The Morgan fingerprint density at radius 3 is 2.61 bits per heavy atom. The number of anilines is 2. The van der Waals surface area contributed by atoms with Gasteiger partial charge in [-0.25, -0.2) is 0 Å². The van der Waals surface area contributed by atoms with Crippen molar-refractivity contribution in [1.29, 1.82) is 0 Å². The largest absolute Gasteiger partial charge is 0.463 e. The van der Waals surface area contributed by atoms with Crippen LogP contribution in [0.25, 0.3) is 0 Å². The minimum Gasteiger partial charge on any atom is -0.463 e. The Morgan fingerprint density at radius 2 is 1.94 bits per heavy atom. The third-order valence-electron chi connectivity index (χ3n) is 2.14. The summed E-state index contributed by atoms with van der Waals surface area (Å²) in [4.78, 5) is 12.4. The Balaban J connectivity index is 2.58. The topological polar surface area (TPSA) is 92.2 Å². The van der Waals surface area contributed by atoms with E-state index in [1.165, 1.54) is 0 Å². The smallest absolute Gasteiger partial charge is 0.323 e. The zero-order valence-electron chi connectivity index (χ0n) is 10.9. The number of hydrogen-bond donors (Lipinski definition) is 3. The molecule has 0 aromatic carbocycles. The van der Waals surface area contributed by atoms with E-state index in [2.05, 4.69) is 25.6 Å². The molecule has 0 saturated carbocycles. The van der Waals surface area contributed by atoms with Crippen LogP contribution in [-0.2, 0) is 0 Å². The summed E-state index contributed by atoms with van der Waals surface area (Å²) in [5.74, 6) is 0.958. The summed E-state index contributed by atoms with van der Waals surface area (Å²) in [5.41, 5.74) is 0. The molecule has 0 aliphatic rings. The molecule has 0 saturated heterocycles. The molecule has 0 spiro atoms. The van der Waals surface area contributed by atoms with Crippen molar-refractivity contribution in [1.82, 2.24) is 15.0 Å². The minimum absolute atomic E-state index is 0.200. The zero-order chi connectivity index (χ0) is 13.2. The summed E-state index contributed by atoms with van der Waals surface area (Å²) < 4.78 is 5.38. The van der Waals surface area contributed by atoms with Crippen molar-refractivity contribution in [2.24, 2.45) is 0 Å². The van der Waals surface area contributed by atoms with Gasteiger partial charge < -0.3 is 20.5 Å². The molecule has 102 valence electrons. The van der Waals surface area contributed by atoms with E-state index in [0.29, 0.717) is 31.1 Å². The van der Waals surface area contributed by atoms with Gasteiger partial charge in [0.05, 0.1) is 6.61 Å². The van der Waals surface area contributed by atoms with Gasteiger partial charge in [0.2, 0.25) is 11.9 Å². The number of nitrogens with one attached hydrogen (secondary N) is 2. The normalized spacial score (nSPS) is 10.2. The van der Waals surface area contributed by atoms with Gasteiger partial charge in [0.1, 0.15) is 0 Å². The molecule has 0 aliphatic heterocycles. The molecule has 0 fully saturated rings. The second kappa shape index (κ2) is 8.46. The fourth-order valence-corrected chi connectivity index (χ4v) is 1.24. The fourth-order valence-electron chi connectivity index (χ4n) is 1.24. The van der Waals surface area contributed by atoms with Crippen LogP contribution >= 0.6 is 0 Å². The molecule has 1 aromatic rings. The maximum atomic E-state index is 8.69. The highest BCUT2D eigenvalue weighted by atomic mass is 16.5. The molecule has 0 amide bonds. The van der Waals surface area contributed by atoms with Gasteiger partial charge in [-0.15, -0.1) is 0 Å². The van der Waals surface area contributed by atoms with Gasteiger partial charge >= 0.3 is 6.01 Å². The van der Waals surface area contributed by atoms with Gasteiger partial charge in [0, 0.05) is 20.2 Å². The summed E-state index contributed by atoms with van der Waals surface area (Å²) in [6.07, 6.45) is 2.53. The van der Waals surface area contributed by atoms with Crippen LogP contribution in [0.5, 0.6) is 6.01 Å². The van der Waals surface area contributed by atoms with E-state index < -0.39 is 0 Å². The maximum Gasteiger partial charge on any atom is 0.323 e. The summed E-state index contributed by atoms with van der Waals surface area (Å²) in [6.45, 7) is 3.51. The second-order valence-electron chi connectivity index (χ2n) is 3.72. The van der Waals surface area contributed by atoms with Gasteiger partial charge in [-0.05, 0) is 19.3 Å². The van der Waals surface area contributed by atoms with Gasteiger partial charge in [-0.3, -0.25) is 0 Å². The third-order valence-corrected chi connectivity index (χ3v) is 2.14. The lowest BCUT2D eigenvalue weighted by atomic mass is 10.3. The lowest BCUT2D eigenvalue weighted by molar-refractivity contribution is 0.286. The van der Waals surface area contributed by atoms with Gasteiger partial charge in [0.15, 0.2) is 0 Å². The van der Waals surface area contributed by atoms with Crippen LogP contribution in [0.4, 0.5) is 11.9 Å². The summed E-state index contributed by atoms with van der Waals surface area (Å²) >= 11 is 0. The number of unbranched alkanes of at least 4 members (excludes halogenated alkanes) is 1. The highest BCUT2D eigenvalue weighted by Gasteiger charge is 2.05. The molecule has 7 heteroatoms. The number of hydrogen-bond acceptors (Lipinski definition) is 7. The molecule has 1 aromatic heterocycles. The van der Waals surface area contributed by atoms with Crippen LogP contribution in [0.15, 0.2) is 0 Å². The summed E-state index contributed by atoms with van der Waals surface area (Å²) in [6, 6.07) is 0.320. The number of aliphatic hydroxyl groups is 1. The molecule has 0 unspecified atom stereocenters. The van der Waals surface area contributed by atoms with Crippen LogP contribution in [0.3, 0.4) is 0 Å². The van der Waals surface area contributed by atoms with E-state index in [0.717, 1.165) is 19.3 Å². The molecule has 0 atom stereocenters. The van der Waals surface area contributed by atoms with Crippen molar-refractivity contribution >= 4 is 11.9 Å². The Morgan fingerprint density at radius 1 is 1.17 bits per heavy atom. The average molecular weight is 255 g/mol. The van der Waals surface area contributed by atoms with Crippen LogP contribution in [0, 0.1) is 0 Å². The van der Waals surface area contributed by atoms with Crippen molar-refractivity contribution in [2.75, 3.05) is 37.4 Å². The molecule has 1 heterocycles. The predicted octanol–water partition coefficient (Wildman–Crippen LogP) is 0.886. The van der Waals surface area contributed by atoms with Crippen LogP contribution < -0.4 is 15.4 Å². The van der Waals surface area contributed by atoms with Crippen molar-refractivity contribution in [3.63, 3.8) is 0 Å². The molecular weight excluding hydrogens is 234 g/mol. The standard InChI is InChI=1S/C11H21N5O2/c1-3-8-18-11-15-9(12-2)14-10(16-11)13-6-4-5-7-17/h17H,3-8H2,1-2H3,(H2,12,13,14,15,16). The number of aromatic nitrogens is 3. The van der Waals surface area contributed by atoms with E-state index >= 15 is 0 Å². The van der Waals surface area contributed by atoms with E-state index in [1.54, 1.807) is 7.05 Å². The SMILES string of the molecule is CCCOc1nc(NC)nc(NCCCCO)n1. The number of nitrogens with zero attached hydrogens (tertiary/aromatic N) is 3. The van der Waals surface area contributed by atoms with E-state index in [4.69, 9.17) is 9.84 Å². The fraction of sp³-hybridized carbons (Fsp3) is 0.727. The molecular formula is C11H21N5O2. The number of aliphatic hydroxyl groups excluding tert-OH is 1. The van der Waals surface area contributed by atoms with Crippen molar-refractivity contribution in [3.8, 4) is 6.01 Å². The highest BCUT2D eigenvalue weighted by molar-refractivity contribution is 5.35. The quantitative estimate of drug-likeness (QED) is 0.564. The van der Waals surface area contributed by atoms with Gasteiger partial charge in [0.25, 0.3) is 0 Å². The first-order chi connectivity index (χ1) is 8.80. The molecule has 0 bridgehead atoms. The average Bonchev–Trinajstić information content (AvgIpc) is 2.41. The lowest BCUT2D eigenvalue weighted by Crippen LogP contribution is -2.11. The monoisotopic (exact) mass is 255 g/mol. The van der Waals surface area contributed by atoms with Crippen LogP contribution in [-0.4, -0.2) is 46.9 Å². The third kappa shape index (κ3) is 5.13. The molecule has 0 radical (unpaired) electrons. The number of rotatable bonds is 9. The molecule has 3 N–H and O–H groups in total. The molecule has 18 heavy (non-hydrogen) atoms. The van der Waals surface area contributed by atoms with E-state index in [9.17, 15) is 0 Å². The minimum atomic E-state index is 0.200. The Labute approximate surface area is 107 Å². The zero-order valence-corrected chi connectivity index (χ0v) is 10.9. The molecule has 7 nitrogen and oxygen atoms in total. The van der Waals surface area contributed by atoms with Gasteiger partial charge in [-0.2, -0.15) is 15.0 Å². The maximum absolute atomic E-state index is 8.69. The summed E-state index contributed by atoms with van der Waals surface area (Å²) in [5, 5.41) is 14.6. The highest BCUT2D eigenvalue weighted by Crippen LogP contribution is 2.11. The number of ether oxygens (including phenoxy) is 1. The predicted molar refractivity (Wildman–Crippen MR) is 70.0 cm³/mol. The Hall–Kier alpha value is -1.63. The van der Waals surface area contributed by atoms with Gasteiger partial charge in [-0.1, -0.05) is 6.92 Å². The first-order valence-electron chi connectivity index (χ1n) is 6.21. The van der Waals surface area contributed by atoms with Crippen LogP contribution in [0.2, 0.25) is 0 Å². The first kappa shape index (κ1) is 14.4. The van der Waals surface area contributed by atoms with Crippen molar-refractivity contribution < 1.29 is 9.84 Å². The first-order valence-corrected chi connectivity index (χ1v) is 6.21. The molecule has 1 rings (SSSR count). The molecule has 0 aliphatic carbocycles. The second-order valence-corrected chi connectivity index (χ2v) is 3.72. The van der Waals surface area contributed by atoms with E-state index in [-0.39, 0.29) is 6.61 Å². The van der Waals surface area contributed by atoms with Crippen molar-refractivity contribution in [3.05, 3.63) is 0 Å². The van der Waals surface area contributed by atoms with E-state index in [1.807, 2.05) is 6.92 Å². The summed E-state index contributed by atoms with van der Waals surface area (Å²) in [7, 11) is 1.74. The lowest BCUT2D eigenvalue weighted by Gasteiger charge is -2.08.